The summed E-state index contributed by atoms with van der Waals surface area (Å²) in [4.78, 5) is 11.5. The van der Waals surface area contributed by atoms with Gasteiger partial charge in [-0.05, 0) is 44.4 Å². The third-order valence-corrected chi connectivity index (χ3v) is 3.90. The first-order chi connectivity index (χ1) is 7.24. The second kappa shape index (κ2) is 4.52. The highest BCUT2D eigenvalue weighted by Gasteiger charge is 2.34. The highest BCUT2D eigenvalue weighted by atomic mass is 16.1. The lowest BCUT2D eigenvalue weighted by Gasteiger charge is -2.42. The topological polar surface area (TPSA) is 41.1 Å². The van der Waals surface area contributed by atoms with Gasteiger partial charge in [0.1, 0.15) is 0 Å². The van der Waals surface area contributed by atoms with Crippen LogP contribution in [0.3, 0.4) is 0 Å². The lowest BCUT2D eigenvalue weighted by Crippen LogP contribution is -2.53. The Morgan fingerprint density at radius 1 is 1.40 bits per heavy atom. The van der Waals surface area contributed by atoms with Crippen LogP contribution in [0.1, 0.15) is 45.4 Å². The Morgan fingerprint density at radius 3 is 2.60 bits per heavy atom. The second-order valence-electron chi connectivity index (χ2n) is 5.09. The summed E-state index contributed by atoms with van der Waals surface area (Å²) >= 11 is 0. The van der Waals surface area contributed by atoms with Gasteiger partial charge in [-0.15, -0.1) is 0 Å². The third-order valence-electron chi connectivity index (χ3n) is 3.90. The lowest BCUT2D eigenvalue weighted by molar-refractivity contribution is -0.120. The summed E-state index contributed by atoms with van der Waals surface area (Å²) in [6.45, 7) is 3.59. The first kappa shape index (κ1) is 10.9. The molecule has 0 aromatic heterocycles. The molecule has 3 heteroatoms. The van der Waals surface area contributed by atoms with Gasteiger partial charge in [-0.1, -0.05) is 6.92 Å². The van der Waals surface area contributed by atoms with Crippen molar-refractivity contribution >= 4 is 5.91 Å². The molecule has 15 heavy (non-hydrogen) atoms. The van der Waals surface area contributed by atoms with Crippen molar-refractivity contribution in [3.05, 3.63) is 0 Å². The van der Waals surface area contributed by atoms with E-state index in [9.17, 15) is 4.79 Å². The molecule has 2 aliphatic rings. The van der Waals surface area contributed by atoms with Crippen LogP contribution in [0.2, 0.25) is 0 Å². The predicted octanol–water partition coefficient (Wildman–Crippen LogP) is 1.43. The quantitative estimate of drug-likeness (QED) is 0.696. The van der Waals surface area contributed by atoms with Gasteiger partial charge in [-0.2, -0.15) is 0 Å². The number of carbonyl (C=O) groups excluding carboxylic acids is 1. The van der Waals surface area contributed by atoms with Crippen LogP contribution in [0.25, 0.3) is 0 Å². The molecule has 0 spiro atoms. The zero-order chi connectivity index (χ0) is 10.7. The fourth-order valence-electron chi connectivity index (χ4n) is 2.17. The maximum atomic E-state index is 11.5. The molecule has 2 N–H and O–H groups in total. The van der Waals surface area contributed by atoms with E-state index in [2.05, 4.69) is 17.6 Å². The fraction of sp³-hybridized carbons (Fsp3) is 0.917. The Labute approximate surface area is 92.0 Å². The van der Waals surface area contributed by atoms with Gasteiger partial charge >= 0.3 is 0 Å². The van der Waals surface area contributed by atoms with Crippen LogP contribution in [0.5, 0.6) is 0 Å². The SMILES string of the molecule is CCC1(NCC(=O)NCC2CC2)CCC1. The molecule has 0 unspecified atom stereocenters. The Morgan fingerprint density at radius 2 is 2.13 bits per heavy atom. The van der Waals surface area contributed by atoms with E-state index < -0.39 is 0 Å². The molecular weight excluding hydrogens is 188 g/mol. The maximum Gasteiger partial charge on any atom is 0.233 e. The molecule has 2 rings (SSSR count). The molecule has 0 aromatic carbocycles. The number of hydrogen-bond acceptors (Lipinski definition) is 2. The molecule has 2 saturated carbocycles. The number of amides is 1. The monoisotopic (exact) mass is 210 g/mol. The first-order valence-corrected chi connectivity index (χ1v) is 6.26. The predicted molar refractivity (Wildman–Crippen MR) is 60.6 cm³/mol. The van der Waals surface area contributed by atoms with Crippen LogP contribution < -0.4 is 10.6 Å². The van der Waals surface area contributed by atoms with E-state index in [1.807, 2.05) is 0 Å². The molecule has 0 heterocycles. The fourth-order valence-corrected chi connectivity index (χ4v) is 2.17. The second-order valence-corrected chi connectivity index (χ2v) is 5.09. The van der Waals surface area contributed by atoms with Crippen LogP contribution in [0.15, 0.2) is 0 Å². The highest BCUT2D eigenvalue weighted by molar-refractivity contribution is 5.78. The van der Waals surface area contributed by atoms with Crippen LogP contribution in [0, 0.1) is 5.92 Å². The minimum atomic E-state index is 0.168. The zero-order valence-corrected chi connectivity index (χ0v) is 9.64. The molecule has 0 radical (unpaired) electrons. The van der Waals surface area contributed by atoms with E-state index in [0.717, 1.165) is 18.9 Å². The lowest BCUT2D eigenvalue weighted by atomic mass is 9.75. The molecule has 0 bridgehead atoms. The Bertz CT molecular complexity index is 226. The van der Waals surface area contributed by atoms with Gasteiger partial charge < -0.3 is 10.6 Å². The van der Waals surface area contributed by atoms with E-state index in [0.29, 0.717) is 6.54 Å². The van der Waals surface area contributed by atoms with Crippen molar-refractivity contribution in [2.24, 2.45) is 5.92 Å². The summed E-state index contributed by atoms with van der Waals surface area (Å²) in [6.07, 6.45) is 7.52. The molecule has 0 atom stereocenters. The van der Waals surface area contributed by atoms with Gasteiger partial charge in [0.05, 0.1) is 6.54 Å². The number of rotatable bonds is 6. The Hall–Kier alpha value is -0.570. The maximum absolute atomic E-state index is 11.5. The summed E-state index contributed by atoms with van der Waals surface area (Å²) < 4.78 is 0. The third kappa shape index (κ3) is 2.94. The van der Waals surface area contributed by atoms with E-state index in [1.54, 1.807) is 0 Å². The van der Waals surface area contributed by atoms with Crippen LogP contribution in [-0.4, -0.2) is 24.5 Å². The van der Waals surface area contributed by atoms with Gasteiger partial charge in [0.15, 0.2) is 0 Å². The number of hydrogen-bond donors (Lipinski definition) is 2. The van der Waals surface area contributed by atoms with Crippen molar-refractivity contribution in [3.8, 4) is 0 Å². The normalized spacial score (nSPS) is 23.3. The summed E-state index contributed by atoms with van der Waals surface area (Å²) in [5.74, 6) is 0.944. The summed E-state index contributed by atoms with van der Waals surface area (Å²) in [7, 11) is 0. The van der Waals surface area contributed by atoms with Crippen LogP contribution in [-0.2, 0) is 4.79 Å². The van der Waals surface area contributed by atoms with E-state index in [1.165, 1.54) is 32.1 Å². The number of nitrogens with one attached hydrogen (secondary N) is 2. The van der Waals surface area contributed by atoms with Crippen molar-refractivity contribution in [2.75, 3.05) is 13.1 Å². The van der Waals surface area contributed by atoms with Crippen molar-refractivity contribution < 1.29 is 4.79 Å². The van der Waals surface area contributed by atoms with Crippen molar-refractivity contribution in [2.45, 2.75) is 51.0 Å². The van der Waals surface area contributed by atoms with Gasteiger partial charge in [0.25, 0.3) is 0 Å². The van der Waals surface area contributed by atoms with E-state index in [-0.39, 0.29) is 11.4 Å². The summed E-state index contributed by atoms with van der Waals surface area (Å²) in [6, 6.07) is 0. The molecule has 3 nitrogen and oxygen atoms in total. The van der Waals surface area contributed by atoms with Crippen LogP contribution >= 0.6 is 0 Å². The van der Waals surface area contributed by atoms with Gasteiger partial charge in [0.2, 0.25) is 5.91 Å². The largest absolute Gasteiger partial charge is 0.355 e. The molecule has 0 aromatic rings. The van der Waals surface area contributed by atoms with Crippen molar-refractivity contribution in [1.29, 1.82) is 0 Å². The smallest absolute Gasteiger partial charge is 0.233 e. The molecule has 86 valence electrons. The minimum absolute atomic E-state index is 0.168. The Kier molecular flexibility index (Phi) is 3.29. The number of carbonyl (C=O) groups is 1. The standard InChI is InChI=1S/C12H22N2O/c1-2-12(6-3-7-12)14-9-11(15)13-8-10-4-5-10/h10,14H,2-9H2,1H3,(H,13,15). The molecule has 0 aliphatic heterocycles. The average molecular weight is 210 g/mol. The summed E-state index contributed by atoms with van der Waals surface area (Å²) in [5, 5.41) is 6.40. The Balaban J connectivity index is 1.60. The molecule has 2 aliphatic carbocycles. The van der Waals surface area contributed by atoms with Crippen molar-refractivity contribution in [3.63, 3.8) is 0 Å². The average Bonchev–Trinajstić information content (AvgIpc) is 2.97. The van der Waals surface area contributed by atoms with Crippen LogP contribution in [0.4, 0.5) is 0 Å². The first-order valence-electron chi connectivity index (χ1n) is 6.26. The zero-order valence-electron chi connectivity index (χ0n) is 9.64. The highest BCUT2D eigenvalue weighted by Crippen LogP contribution is 2.34. The molecule has 2 fully saturated rings. The molecule has 1 amide bonds. The summed E-state index contributed by atoms with van der Waals surface area (Å²) in [5.41, 5.74) is 0.289. The van der Waals surface area contributed by atoms with E-state index >= 15 is 0 Å². The molecular formula is C12H22N2O. The molecule has 0 saturated heterocycles. The van der Waals surface area contributed by atoms with Gasteiger partial charge in [-0.3, -0.25) is 4.79 Å². The van der Waals surface area contributed by atoms with Gasteiger partial charge in [0, 0.05) is 12.1 Å². The minimum Gasteiger partial charge on any atom is -0.355 e. The van der Waals surface area contributed by atoms with Crippen molar-refractivity contribution in [1.82, 2.24) is 10.6 Å². The van der Waals surface area contributed by atoms with Gasteiger partial charge in [-0.25, -0.2) is 0 Å². The van der Waals surface area contributed by atoms with E-state index in [4.69, 9.17) is 0 Å².